The maximum absolute atomic E-state index is 2.62. The van der Waals surface area contributed by atoms with E-state index in [4.69, 9.17) is 0 Å². The van der Waals surface area contributed by atoms with Gasteiger partial charge in [-0.05, 0) is 31.8 Å². The largest absolute Gasteiger partial charge is 0.303 e. The van der Waals surface area contributed by atoms with Gasteiger partial charge >= 0.3 is 0 Å². The lowest BCUT2D eigenvalue weighted by Crippen LogP contribution is -2.33. The molecule has 0 aromatic carbocycles. The van der Waals surface area contributed by atoms with Crippen molar-refractivity contribution in [3.05, 3.63) is 0 Å². The summed E-state index contributed by atoms with van der Waals surface area (Å²) in [6, 6.07) is 0. The van der Waals surface area contributed by atoms with E-state index in [1.807, 2.05) is 13.8 Å². The molecule has 1 rings (SSSR count). The summed E-state index contributed by atoms with van der Waals surface area (Å²) < 4.78 is 0. The van der Waals surface area contributed by atoms with Gasteiger partial charge in [0.05, 0.1) is 0 Å². The van der Waals surface area contributed by atoms with Crippen molar-refractivity contribution in [2.75, 3.05) is 19.6 Å². The van der Waals surface area contributed by atoms with E-state index in [2.05, 4.69) is 18.7 Å². The summed E-state index contributed by atoms with van der Waals surface area (Å²) in [6.07, 6.45) is 5.64. The van der Waals surface area contributed by atoms with Gasteiger partial charge in [0.25, 0.3) is 0 Å². The Hall–Kier alpha value is -0.0400. The Balaban J connectivity index is 0.000000671. The fourth-order valence-electron chi connectivity index (χ4n) is 1.71. The van der Waals surface area contributed by atoms with Crippen LogP contribution in [0.3, 0.4) is 0 Å². The van der Waals surface area contributed by atoms with Gasteiger partial charge in [-0.1, -0.05) is 40.5 Å². The molecule has 0 spiro atoms. The lowest BCUT2D eigenvalue weighted by Gasteiger charge is -2.28. The van der Waals surface area contributed by atoms with Gasteiger partial charge in [0, 0.05) is 6.54 Å². The molecule has 1 heterocycles. The van der Waals surface area contributed by atoms with Crippen LogP contribution in [0.2, 0.25) is 0 Å². The third kappa shape index (κ3) is 6.09. The Morgan fingerprint density at radius 3 is 2.08 bits per heavy atom. The first kappa shape index (κ1) is 13.0. The van der Waals surface area contributed by atoms with E-state index in [1.165, 1.54) is 45.3 Å². The quantitative estimate of drug-likeness (QED) is 0.650. The topological polar surface area (TPSA) is 3.24 Å². The van der Waals surface area contributed by atoms with E-state index in [-0.39, 0.29) is 0 Å². The van der Waals surface area contributed by atoms with E-state index in [0.29, 0.717) is 0 Å². The molecule has 1 nitrogen and oxygen atoms in total. The Morgan fingerprint density at radius 1 is 1.08 bits per heavy atom. The van der Waals surface area contributed by atoms with Crippen LogP contribution in [0, 0.1) is 5.92 Å². The lowest BCUT2D eigenvalue weighted by atomic mass is 10.1. The van der Waals surface area contributed by atoms with Crippen LogP contribution in [0.25, 0.3) is 0 Å². The highest BCUT2D eigenvalue weighted by Gasteiger charge is 2.11. The number of piperidine rings is 1. The van der Waals surface area contributed by atoms with Crippen molar-refractivity contribution in [2.45, 2.75) is 53.4 Å². The second kappa shape index (κ2) is 8.55. The lowest BCUT2D eigenvalue weighted by molar-refractivity contribution is 0.199. The highest BCUT2D eigenvalue weighted by atomic mass is 15.1. The first-order valence-corrected chi connectivity index (χ1v) is 6.05. The van der Waals surface area contributed by atoms with Crippen molar-refractivity contribution in [1.82, 2.24) is 4.90 Å². The first-order chi connectivity index (χ1) is 6.33. The van der Waals surface area contributed by atoms with Crippen molar-refractivity contribution in [1.29, 1.82) is 0 Å². The fraction of sp³-hybridized carbons (Fsp3) is 1.00. The molecule has 13 heavy (non-hydrogen) atoms. The van der Waals surface area contributed by atoms with Gasteiger partial charge in [0.15, 0.2) is 0 Å². The zero-order valence-electron chi connectivity index (χ0n) is 9.97. The predicted molar refractivity (Wildman–Crippen MR) is 61.1 cm³/mol. The van der Waals surface area contributed by atoms with Crippen molar-refractivity contribution in [2.24, 2.45) is 5.92 Å². The average molecular weight is 185 g/mol. The number of hydrogen-bond acceptors (Lipinski definition) is 1. The van der Waals surface area contributed by atoms with Crippen LogP contribution >= 0.6 is 0 Å². The smallest absolute Gasteiger partial charge is 0.000692 e. The summed E-state index contributed by atoms with van der Waals surface area (Å²) in [4.78, 5) is 2.62. The van der Waals surface area contributed by atoms with Crippen molar-refractivity contribution < 1.29 is 0 Å². The molecule has 0 saturated carbocycles. The zero-order chi connectivity index (χ0) is 10.1. The number of likely N-dealkylation sites (tertiary alicyclic amines) is 1. The minimum Gasteiger partial charge on any atom is -0.303 e. The third-order valence-corrected chi connectivity index (χ3v) is 2.72. The maximum atomic E-state index is 2.62. The summed E-state index contributed by atoms with van der Waals surface area (Å²) in [5.74, 6) is 0.896. The van der Waals surface area contributed by atoms with E-state index in [1.54, 1.807) is 0 Å². The average Bonchev–Trinajstić information content (AvgIpc) is 2.22. The van der Waals surface area contributed by atoms with E-state index in [0.717, 1.165) is 5.92 Å². The normalized spacial score (nSPS) is 20.3. The van der Waals surface area contributed by atoms with Crippen LogP contribution in [-0.4, -0.2) is 24.5 Å². The summed E-state index contributed by atoms with van der Waals surface area (Å²) in [6.45, 7) is 12.7. The first-order valence-electron chi connectivity index (χ1n) is 6.05. The second-order valence-electron chi connectivity index (χ2n) is 3.87. The van der Waals surface area contributed by atoms with E-state index >= 15 is 0 Å². The summed E-state index contributed by atoms with van der Waals surface area (Å²) in [7, 11) is 0. The molecule has 1 saturated heterocycles. The number of hydrogen-bond donors (Lipinski definition) is 0. The Kier molecular flexibility index (Phi) is 8.53. The van der Waals surface area contributed by atoms with Crippen molar-refractivity contribution >= 4 is 0 Å². The van der Waals surface area contributed by atoms with Crippen molar-refractivity contribution in [3.8, 4) is 0 Å². The summed E-state index contributed by atoms with van der Waals surface area (Å²) in [5, 5.41) is 0. The Labute approximate surface area is 84.5 Å². The van der Waals surface area contributed by atoms with Crippen LogP contribution in [-0.2, 0) is 0 Å². The van der Waals surface area contributed by atoms with Crippen molar-refractivity contribution in [3.63, 3.8) is 0 Å². The summed E-state index contributed by atoms with van der Waals surface area (Å²) >= 11 is 0. The van der Waals surface area contributed by atoms with Crippen LogP contribution in [0.5, 0.6) is 0 Å². The Bertz CT molecular complexity index is 95.3. The maximum Gasteiger partial charge on any atom is 0.000692 e. The summed E-state index contributed by atoms with van der Waals surface area (Å²) in [5.41, 5.74) is 0. The molecule has 1 aliphatic heterocycles. The highest BCUT2D eigenvalue weighted by molar-refractivity contribution is 4.66. The van der Waals surface area contributed by atoms with Gasteiger partial charge in [-0.3, -0.25) is 0 Å². The standard InChI is InChI=1S/C10H21N.C2H6/c1-3-10(2)9-11-7-5-4-6-8-11;1-2/h10H,3-9H2,1-2H3;1-2H3. The van der Waals surface area contributed by atoms with Gasteiger partial charge in [-0.25, -0.2) is 0 Å². The molecule has 0 aromatic heterocycles. The van der Waals surface area contributed by atoms with Gasteiger partial charge in [0.1, 0.15) is 0 Å². The Morgan fingerprint density at radius 2 is 1.62 bits per heavy atom. The molecule has 1 unspecified atom stereocenters. The molecule has 0 aliphatic carbocycles. The van der Waals surface area contributed by atoms with Crippen LogP contribution < -0.4 is 0 Å². The van der Waals surface area contributed by atoms with E-state index in [9.17, 15) is 0 Å². The third-order valence-electron chi connectivity index (χ3n) is 2.72. The molecule has 1 heteroatoms. The molecular formula is C12H27N. The minimum absolute atomic E-state index is 0.896. The molecule has 1 fully saturated rings. The minimum atomic E-state index is 0.896. The molecular weight excluding hydrogens is 158 g/mol. The van der Waals surface area contributed by atoms with Crippen LogP contribution in [0.1, 0.15) is 53.4 Å². The van der Waals surface area contributed by atoms with E-state index < -0.39 is 0 Å². The molecule has 0 radical (unpaired) electrons. The predicted octanol–water partition coefficient (Wildman–Crippen LogP) is 3.54. The highest BCUT2D eigenvalue weighted by Crippen LogP contribution is 2.11. The molecule has 0 bridgehead atoms. The van der Waals surface area contributed by atoms with Gasteiger partial charge in [0.2, 0.25) is 0 Å². The molecule has 1 atom stereocenters. The van der Waals surface area contributed by atoms with Gasteiger partial charge < -0.3 is 4.90 Å². The zero-order valence-corrected chi connectivity index (χ0v) is 9.97. The molecule has 1 aliphatic rings. The number of nitrogens with zero attached hydrogens (tertiary/aromatic N) is 1. The van der Waals surface area contributed by atoms with Gasteiger partial charge in [-0.15, -0.1) is 0 Å². The monoisotopic (exact) mass is 185 g/mol. The molecule has 0 aromatic rings. The second-order valence-corrected chi connectivity index (χ2v) is 3.87. The number of rotatable bonds is 3. The van der Waals surface area contributed by atoms with Gasteiger partial charge in [-0.2, -0.15) is 0 Å². The molecule has 80 valence electrons. The van der Waals surface area contributed by atoms with Crippen LogP contribution in [0.4, 0.5) is 0 Å². The molecule has 0 amide bonds. The fourth-order valence-corrected chi connectivity index (χ4v) is 1.71. The molecule has 0 N–H and O–H groups in total. The van der Waals surface area contributed by atoms with Crippen LogP contribution in [0.15, 0.2) is 0 Å². The SMILES string of the molecule is CC.CCC(C)CN1CCCCC1.